The Labute approximate surface area is 105 Å². The molecular formula is C13H14N2O3. The van der Waals surface area contributed by atoms with E-state index in [2.05, 4.69) is 11.2 Å². The van der Waals surface area contributed by atoms with Crippen LogP contribution in [0.3, 0.4) is 0 Å². The molecule has 5 nitrogen and oxygen atoms in total. The molecule has 0 fully saturated rings. The Bertz CT molecular complexity index is 515. The molecule has 0 saturated heterocycles. The van der Waals surface area contributed by atoms with Gasteiger partial charge in [-0.2, -0.15) is 0 Å². The minimum atomic E-state index is -0.724. The third-order valence-corrected chi connectivity index (χ3v) is 2.30. The van der Waals surface area contributed by atoms with Gasteiger partial charge >= 0.3 is 0 Å². The molecule has 94 valence electrons. The van der Waals surface area contributed by atoms with Crippen molar-refractivity contribution in [2.24, 2.45) is 0 Å². The van der Waals surface area contributed by atoms with Crippen LogP contribution in [-0.4, -0.2) is 16.4 Å². The third-order valence-electron chi connectivity index (χ3n) is 2.30. The number of rotatable bonds is 4. The lowest BCUT2D eigenvalue weighted by Gasteiger charge is -2.19. The summed E-state index contributed by atoms with van der Waals surface area (Å²) in [4.78, 5) is 21.8. The third kappa shape index (κ3) is 3.91. The number of carbonyl (C=O) groups excluding carboxylic acids is 1. The van der Waals surface area contributed by atoms with Crippen LogP contribution in [0.5, 0.6) is 0 Å². The second-order valence-corrected chi connectivity index (χ2v) is 4.42. The van der Waals surface area contributed by atoms with E-state index in [0.717, 1.165) is 0 Å². The fourth-order valence-corrected chi connectivity index (χ4v) is 1.39. The number of carbonyl (C=O) groups is 1. The van der Waals surface area contributed by atoms with Crippen molar-refractivity contribution in [3.63, 3.8) is 0 Å². The Morgan fingerprint density at radius 1 is 1.56 bits per heavy atom. The van der Waals surface area contributed by atoms with E-state index in [0.29, 0.717) is 5.56 Å². The summed E-state index contributed by atoms with van der Waals surface area (Å²) < 4.78 is 0. The van der Waals surface area contributed by atoms with Crippen molar-refractivity contribution < 1.29 is 9.72 Å². The van der Waals surface area contributed by atoms with E-state index in [1.54, 1.807) is 26.0 Å². The molecule has 1 N–H and O–H groups in total. The lowest BCUT2D eigenvalue weighted by atomic mass is 10.1. The van der Waals surface area contributed by atoms with E-state index in [1.807, 2.05) is 0 Å². The highest BCUT2D eigenvalue weighted by Gasteiger charge is 2.17. The lowest BCUT2D eigenvalue weighted by molar-refractivity contribution is -0.384. The first kappa shape index (κ1) is 13.7. The average Bonchev–Trinajstić information content (AvgIpc) is 2.28. The van der Waals surface area contributed by atoms with Gasteiger partial charge in [-0.05, 0) is 19.4 Å². The van der Waals surface area contributed by atoms with E-state index in [-0.39, 0.29) is 18.0 Å². The number of amides is 1. The molecule has 0 aromatic heterocycles. The molecule has 0 atom stereocenters. The summed E-state index contributed by atoms with van der Waals surface area (Å²) in [6.45, 7) is 3.41. The number of nitro groups is 1. The average molecular weight is 246 g/mol. The highest BCUT2D eigenvalue weighted by Crippen LogP contribution is 2.13. The van der Waals surface area contributed by atoms with Gasteiger partial charge < -0.3 is 5.32 Å². The first-order chi connectivity index (χ1) is 8.34. The molecule has 18 heavy (non-hydrogen) atoms. The lowest BCUT2D eigenvalue weighted by Crippen LogP contribution is -2.42. The predicted octanol–water partition coefficient (Wildman–Crippen LogP) is 1.67. The zero-order valence-electron chi connectivity index (χ0n) is 10.3. The molecule has 1 aromatic rings. The molecule has 5 heteroatoms. The second-order valence-electron chi connectivity index (χ2n) is 4.42. The van der Waals surface area contributed by atoms with Crippen LogP contribution in [0.4, 0.5) is 5.69 Å². The molecule has 0 heterocycles. The fourth-order valence-electron chi connectivity index (χ4n) is 1.39. The van der Waals surface area contributed by atoms with E-state index >= 15 is 0 Å². The molecule has 0 spiro atoms. The Morgan fingerprint density at radius 2 is 2.22 bits per heavy atom. The van der Waals surface area contributed by atoms with E-state index in [9.17, 15) is 14.9 Å². The van der Waals surface area contributed by atoms with Crippen LogP contribution in [0.25, 0.3) is 0 Å². The summed E-state index contributed by atoms with van der Waals surface area (Å²) in [5.41, 5.74) is -0.177. The van der Waals surface area contributed by atoms with Gasteiger partial charge in [0.1, 0.15) is 0 Å². The molecule has 0 aliphatic heterocycles. The fraction of sp³-hybridized carbons (Fsp3) is 0.308. The molecule has 0 aliphatic rings. The number of nitro benzene ring substituents is 1. The largest absolute Gasteiger partial charge is 0.340 e. The summed E-state index contributed by atoms with van der Waals surface area (Å²) in [7, 11) is 0. The number of hydrogen-bond acceptors (Lipinski definition) is 3. The Hall–Kier alpha value is -2.35. The molecule has 0 bridgehead atoms. The highest BCUT2D eigenvalue weighted by atomic mass is 16.6. The quantitative estimate of drug-likeness (QED) is 0.499. The molecule has 1 aromatic carbocycles. The summed E-state index contributed by atoms with van der Waals surface area (Å²) in [6.07, 6.45) is 5.32. The van der Waals surface area contributed by atoms with Gasteiger partial charge in [0.25, 0.3) is 5.69 Å². The number of nitrogens with zero attached hydrogens (tertiary/aromatic N) is 1. The molecule has 0 unspecified atom stereocenters. The Kier molecular flexibility index (Phi) is 4.05. The minimum absolute atomic E-state index is 0.0310. The van der Waals surface area contributed by atoms with Gasteiger partial charge in [-0.15, -0.1) is 6.42 Å². The van der Waals surface area contributed by atoms with Crippen LogP contribution in [0.1, 0.15) is 19.4 Å². The van der Waals surface area contributed by atoms with Gasteiger partial charge in [-0.25, -0.2) is 0 Å². The van der Waals surface area contributed by atoms with E-state index in [4.69, 9.17) is 6.42 Å². The zero-order valence-corrected chi connectivity index (χ0v) is 10.3. The van der Waals surface area contributed by atoms with Gasteiger partial charge in [-0.3, -0.25) is 14.9 Å². The molecule has 1 amide bonds. The monoisotopic (exact) mass is 246 g/mol. The Morgan fingerprint density at radius 3 is 2.78 bits per heavy atom. The van der Waals surface area contributed by atoms with Crippen LogP contribution in [0.15, 0.2) is 24.3 Å². The van der Waals surface area contributed by atoms with Crippen molar-refractivity contribution in [2.75, 3.05) is 0 Å². The maximum Gasteiger partial charge on any atom is 0.269 e. The standard InChI is InChI=1S/C13H14N2O3/c1-4-13(2,3)14-12(16)9-10-6-5-7-11(8-10)15(17)18/h1,5-8H,9H2,2-3H3,(H,14,16). The number of benzene rings is 1. The predicted molar refractivity (Wildman–Crippen MR) is 67.9 cm³/mol. The summed E-state index contributed by atoms with van der Waals surface area (Å²) in [5, 5.41) is 13.3. The van der Waals surface area contributed by atoms with Crippen molar-refractivity contribution in [1.29, 1.82) is 0 Å². The van der Waals surface area contributed by atoms with Crippen LogP contribution < -0.4 is 5.32 Å². The maximum atomic E-state index is 11.7. The first-order valence-corrected chi connectivity index (χ1v) is 5.36. The second kappa shape index (κ2) is 5.32. The van der Waals surface area contributed by atoms with Crippen molar-refractivity contribution in [1.82, 2.24) is 5.32 Å². The number of hydrogen-bond donors (Lipinski definition) is 1. The van der Waals surface area contributed by atoms with Crippen molar-refractivity contribution in [3.05, 3.63) is 39.9 Å². The van der Waals surface area contributed by atoms with E-state index in [1.165, 1.54) is 12.1 Å². The number of nitrogens with one attached hydrogen (secondary N) is 1. The van der Waals surface area contributed by atoms with Gasteiger partial charge in [0.2, 0.25) is 5.91 Å². The first-order valence-electron chi connectivity index (χ1n) is 5.36. The minimum Gasteiger partial charge on any atom is -0.340 e. The number of non-ortho nitro benzene ring substituents is 1. The molecule has 0 saturated carbocycles. The normalized spacial score (nSPS) is 10.5. The molecule has 0 aliphatic carbocycles. The topological polar surface area (TPSA) is 72.2 Å². The van der Waals surface area contributed by atoms with Crippen molar-refractivity contribution in [2.45, 2.75) is 25.8 Å². The molecular weight excluding hydrogens is 232 g/mol. The molecule has 1 rings (SSSR count). The SMILES string of the molecule is C#CC(C)(C)NC(=O)Cc1cccc([N+](=O)[O-])c1. The van der Waals surface area contributed by atoms with Crippen LogP contribution >= 0.6 is 0 Å². The van der Waals surface area contributed by atoms with Crippen LogP contribution in [-0.2, 0) is 11.2 Å². The molecule has 0 radical (unpaired) electrons. The Balaban J connectivity index is 2.74. The van der Waals surface area contributed by atoms with Gasteiger partial charge in [0, 0.05) is 12.1 Å². The summed E-state index contributed by atoms with van der Waals surface area (Å²) in [5.74, 6) is 2.18. The zero-order chi connectivity index (χ0) is 13.8. The summed E-state index contributed by atoms with van der Waals surface area (Å²) in [6, 6.07) is 5.97. The van der Waals surface area contributed by atoms with E-state index < -0.39 is 10.5 Å². The van der Waals surface area contributed by atoms with Crippen LogP contribution in [0.2, 0.25) is 0 Å². The van der Waals surface area contributed by atoms with Gasteiger partial charge in [-0.1, -0.05) is 18.1 Å². The summed E-state index contributed by atoms with van der Waals surface area (Å²) >= 11 is 0. The van der Waals surface area contributed by atoms with Crippen molar-refractivity contribution in [3.8, 4) is 12.3 Å². The van der Waals surface area contributed by atoms with Crippen LogP contribution in [0, 0.1) is 22.5 Å². The van der Waals surface area contributed by atoms with Gasteiger partial charge in [0.15, 0.2) is 0 Å². The van der Waals surface area contributed by atoms with Gasteiger partial charge in [0.05, 0.1) is 16.9 Å². The maximum absolute atomic E-state index is 11.7. The smallest absolute Gasteiger partial charge is 0.269 e. The van der Waals surface area contributed by atoms with Crippen molar-refractivity contribution >= 4 is 11.6 Å². The highest BCUT2D eigenvalue weighted by molar-refractivity contribution is 5.79. The number of terminal acetylenes is 1.